The van der Waals surface area contributed by atoms with Gasteiger partial charge in [-0.2, -0.15) is 0 Å². The Labute approximate surface area is 132 Å². The lowest BCUT2D eigenvalue weighted by molar-refractivity contribution is -0.142. The molecule has 0 fully saturated rings. The summed E-state index contributed by atoms with van der Waals surface area (Å²) in [5, 5.41) is 11.8. The second-order valence-electron chi connectivity index (χ2n) is 5.82. The molecule has 1 aromatic rings. The van der Waals surface area contributed by atoms with E-state index >= 15 is 0 Å². The van der Waals surface area contributed by atoms with Crippen molar-refractivity contribution in [2.45, 2.75) is 33.1 Å². The monoisotopic (exact) mass is 303 g/mol. The molecule has 1 amide bonds. The summed E-state index contributed by atoms with van der Waals surface area (Å²) in [5.74, 6) is -1.17. The number of carbonyl (C=O) groups is 2. The lowest BCUT2D eigenvalue weighted by Crippen LogP contribution is -2.33. The van der Waals surface area contributed by atoms with E-state index in [1.54, 1.807) is 0 Å². The predicted octanol–water partition coefficient (Wildman–Crippen LogP) is 3.34. The van der Waals surface area contributed by atoms with Gasteiger partial charge in [0.2, 0.25) is 5.91 Å². The van der Waals surface area contributed by atoms with Crippen LogP contribution in [0.15, 0.2) is 36.4 Å². The van der Waals surface area contributed by atoms with Gasteiger partial charge in [-0.05, 0) is 24.3 Å². The number of nitrogens with one attached hydrogen (secondary N) is 1. The molecule has 1 unspecified atom stereocenters. The molecule has 0 aromatic heterocycles. The van der Waals surface area contributed by atoms with Gasteiger partial charge in [0.25, 0.3) is 0 Å². The van der Waals surface area contributed by atoms with Gasteiger partial charge in [0.05, 0.1) is 5.92 Å². The molecule has 0 aliphatic heterocycles. The average Bonchev–Trinajstić information content (AvgIpc) is 2.48. The van der Waals surface area contributed by atoms with E-state index < -0.39 is 11.9 Å². The van der Waals surface area contributed by atoms with Crippen LogP contribution in [0.4, 0.5) is 0 Å². The summed E-state index contributed by atoms with van der Waals surface area (Å²) in [6, 6.07) is 9.89. The highest BCUT2D eigenvalue weighted by atomic mass is 16.4. The van der Waals surface area contributed by atoms with Crippen molar-refractivity contribution in [3.8, 4) is 0 Å². The van der Waals surface area contributed by atoms with Crippen LogP contribution in [-0.4, -0.2) is 23.5 Å². The second kappa shape index (κ2) is 9.77. The first-order chi connectivity index (χ1) is 10.5. The van der Waals surface area contributed by atoms with Crippen LogP contribution in [0.5, 0.6) is 0 Å². The zero-order chi connectivity index (χ0) is 16.4. The number of rotatable bonds is 9. The van der Waals surface area contributed by atoms with E-state index in [4.69, 9.17) is 5.11 Å². The number of carbonyl (C=O) groups excluding carboxylic acids is 1. The Balaban J connectivity index is 2.28. The number of carboxylic acids is 1. The summed E-state index contributed by atoms with van der Waals surface area (Å²) in [5.41, 5.74) is 1.10. The molecule has 0 radical (unpaired) electrons. The third kappa shape index (κ3) is 7.62. The van der Waals surface area contributed by atoms with Gasteiger partial charge in [0.15, 0.2) is 0 Å². The minimum absolute atomic E-state index is 0.104. The zero-order valence-corrected chi connectivity index (χ0v) is 13.3. The molecule has 120 valence electrons. The summed E-state index contributed by atoms with van der Waals surface area (Å²) in [6.45, 7) is 4.16. The maximum Gasteiger partial charge on any atom is 0.308 e. The van der Waals surface area contributed by atoms with Gasteiger partial charge >= 0.3 is 5.97 Å². The van der Waals surface area contributed by atoms with Crippen molar-refractivity contribution in [1.82, 2.24) is 5.32 Å². The van der Waals surface area contributed by atoms with Crippen LogP contribution < -0.4 is 5.32 Å². The molecule has 0 spiro atoms. The van der Waals surface area contributed by atoms with E-state index in [-0.39, 0.29) is 12.5 Å². The standard InChI is InChI=1S/C18H25NO3/c1-14(2)12-16(18(21)22)13-19-17(20)11-7-6-10-15-8-4-3-5-9-15/h3-6,8-10,14,16H,7,11-13H2,1-2H3,(H,19,20)(H,21,22)/b10-6+. The Bertz CT molecular complexity index is 494. The van der Waals surface area contributed by atoms with Gasteiger partial charge < -0.3 is 10.4 Å². The number of allylic oxidation sites excluding steroid dienone is 1. The van der Waals surface area contributed by atoms with E-state index in [2.05, 4.69) is 5.32 Å². The minimum atomic E-state index is -0.849. The zero-order valence-electron chi connectivity index (χ0n) is 13.3. The number of aliphatic carboxylic acids is 1. The number of carboxylic acid groups (broad SMARTS) is 1. The van der Waals surface area contributed by atoms with Crippen molar-refractivity contribution in [2.24, 2.45) is 11.8 Å². The fraction of sp³-hybridized carbons (Fsp3) is 0.444. The second-order valence-corrected chi connectivity index (χ2v) is 5.82. The van der Waals surface area contributed by atoms with E-state index in [9.17, 15) is 9.59 Å². The molecular formula is C18H25NO3. The Morgan fingerprint density at radius 3 is 2.50 bits per heavy atom. The van der Waals surface area contributed by atoms with Crippen molar-refractivity contribution >= 4 is 18.0 Å². The molecule has 0 saturated heterocycles. The maximum atomic E-state index is 11.7. The average molecular weight is 303 g/mol. The SMILES string of the molecule is CC(C)CC(CNC(=O)CC/C=C/c1ccccc1)C(=O)O. The number of benzene rings is 1. The first-order valence-corrected chi connectivity index (χ1v) is 7.70. The third-order valence-electron chi connectivity index (χ3n) is 3.30. The lowest BCUT2D eigenvalue weighted by atomic mass is 9.97. The Hall–Kier alpha value is -2.10. The van der Waals surface area contributed by atoms with Crippen LogP contribution in [-0.2, 0) is 9.59 Å². The highest BCUT2D eigenvalue weighted by Crippen LogP contribution is 2.11. The molecular weight excluding hydrogens is 278 g/mol. The molecule has 22 heavy (non-hydrogen) atoms. The van der Waals surface area contributed by atoms with Gasteiger partial charge in [-0.15, -0.1) is 0 Å². The van der Waals surface area contributed by atoms with E-state index in [1.807, 2.05) is 56.3 Å². The minimum Gasteiger partial charge on any atom is -0.481 e. The summed E-state index contributed by atoms with van der Waals surface area (Å²) < 4.78 is 0. The molecule has 2 N–H and O–H groups in total. The topological polar surface area (TPSA) is 66.4 Å². The molecule has 0 aliphatic carbocycles. The number of amides is 1. The quantitative estimate of drug-likeness (QED) is 0.735. The van der Waals surface area contributed by atoms with Crippen molar-refractivity contribution < 1.29 is 14.7 Å². The van der Waals surface area contributed by atoms with Crippen molar-refractivity contribution in [1.29, 1.82) is 0 Å². The van der Waals surface area contributed by atoms with E-state index in [0.29, 0.717) is 25.2 Å². The maximum absolute atomic E-state index is 11.7. The van der Waals surface area contributed by atoms with Crippen LogP contribution in [0, 0.1) is 11.8 Å². The fourth-order valence-corrected chi connectivity index (χ4v) is 2.16. The summed E-state index contributed by atoms with van der Waals surface area (Å²) in [6.07, 6.45) is 5.52. The van der Waals surface area contributed by atoms with Crippen LogP contribution in [0.3, 0.4) is 0 Å². The Morgan fingerprint density at radius 2 is 1.91 bits per heavy atom. The van der Waals surface area contributed by atoms with Crippen molar-refractivity contribution in [3.05, 3.63) is 42.0 Å². The number of hydrogen-bond donors (Lipinski definition) is 2. The lowest BCUT2D eigenvalue weighted by Gasteiger charge is -2.15. The molecule has 0 aliphatic rings. The summed E-state index contributed by atoms with van der Waals surface area (Å²) >= 11 is 0. The van der Waals surface area contributed by atoms with Gasteiger partial charge in [0.1, 0.15) is 0 Å². The summed E-state index contributed by atoms with van der Waals surface area (Å²) in [4.78, 5) is 22.8. The van der Waals surface area contributed by atoms with Crippen LogP contribution in [0.2, 0.25) is 0 Å². The smallest absolute Gasteiger partial charge is 0.308 e. The van der Waals surface area contributed by atoms with Gasteiger partial charge in [-0.1, -0.05) is 56.3 Å². The van der Waals surface area contributed by atoms with Gasteiger partial charge in [-0.25, -0.2) is 0 Å². The predicted molar refractivity (Wildman–Crippen MR) is 88.3 cm³/mol. The molecule has 1 atom stereocenters. The molecule has 4 nitrogen and oxygen atoms in total. The highest BCUT2D eigenvalue weighted by Gasteiger charge is 2.19. The third-order valence-corrected chi connectivity index (χ3v) is 3.30. The molecule has 1 rings (SSSR count). The van der Waals surface area contributed by atoms with E-state index in [1.165, 1.54) is 0 Å². The Kier molecular flexibility index (Phi) is 7.97. The molecule has 0 heterocycles. The van der Waals surface area contributed by atoms with E-state index in [0.717, 1.165) is 5.56 Å². The summed E-state index contributed by atoms with van der Waals surface area (Å²) in [7, 11) is 0. The molecule has 0 saturated carbocycles. The van der Waals surface area contributed by atoms with Gasteiger partial charge in [0, 0.05) is 13.0 Å². The van der Waals surface area contributed by atoms with Crippen LogP contribution in [0.1, 0.15) is 38.7 Å². The first kappa shape index (κ1) is 18.0. The normalized spacial score (nSPS) is 12.5. The van der Waals surface area contributed by atoms with Gasteiger partial charge in [-0.3, -0.25) is 9.59 Å². The highest BCUT2D eigenvalue weighted by molar-refractivity contribution is 5.77. The van der Waals surface area contributed by atoms with Crippen LogP contribution in [0.25, 0.3) is 6.08 Å². The molecule has 1 aromatic carbocycles. The van der Waals surface area contributed by atoms with Crippen molar-refractivity contribution in [3.63, 3.8) is 0 Å². The first-order valence-electron chi connectivity index (χ1n) is 7.70. The number of hydrogen-bond acceptors (Lipinski definition) is 2. The molecule has 0 bridgehead atoms. The fourth-order valence-electron chi connectivity index (χ4n) is 2.16. The van der Waals surface area contributed by atoms with Crippen LogP contribution >= 0.6 is 0 Å². The Morgan fingerprint density at radius 1 is 1.23 bits per heavy atom. The molecule has 4 heteroatoms. The van der Waals surface area contributed by atoms with Crippen molar-refractivity contribution in [2.75, 3.05) is 6.54 Å². The largest absolute Gasteiger partial charge is 0.481 e.